The molecular weight excluding hydrogens is 258 g/mol. The van der Waals surface area contributed by atoms with Crippen LogP contribution in [-0.4, -0.2) is 48.2 Å². The third-order valence-corrected chi connectivity index (χ3v) is 4.42. The fourth-order valence-corrected chi connectivity index (χ4v) is 3.17. The molecule has 2 fully saturated rings. The normalized spacial score (nSPS) is 33.9. The van der Waals surface area contributed by atoms with E-state index in [1.807, 2.05) is 14.0 Å². The van der Waals surface area contributed by atoms with Gasteiger partial charge in [-0.2, -0.15) is 0 Å². The summed E-state index contributed by atoms with van der Waals surface area (Å²) >= 11 is 0. The van der Waals surface area contributed by atoms with Crippen LogP contribution >= 0.6 is 0 Å². The first-order valence-corrected chi connectivity index (χ1v) is 7.15. The highest BCUT2D eigenvalue weighted by Gasteiger charge is 2.47. The number of carbonyl (C=O) groups is 2. The van der Waals surface area contributed by atoms with E-state index in [4.69, 9.17) is 9.47 Å². The first-order chi connectivity index (χ1) is 9.42. The topological polar surface area (TPSA) is 55.8 Å². The van der Waals surface area contributed by atoms with Crippen molar-refractivity contribution in [2.24, 2.45) is 0 Å². The summed E-state index contributed by atoms with van der Waals surface area (Å²) < 4.78 is 10.9. The number of hydrogen-bond acceptors (Lipinski definition) is 5. The number of hydrogen-bond donors (Lipinski definition) is 0. The molecule has 0 aromatic heterocycles. The molecule has 4 atom stereocenters. The number of fused-ring (bicyclic) bond motifs is 2. The van der Waals surface area contributed by atoms with E-state index in [1.165, 1.54) is 6.92 Å². The van der Waals surface area contributed by atoms with Gasteiger partial charge >= 0.3 is 11.9 Å². The van der Waals surface area contributed by atoms with Gasteiger partial charge in [0.1, 0.15) is 12.2 Å². The van der Waals surface area contributed by atoms with Gasteiger partial charge in [-0.3, -0.25) is 9.69 Å². The second kappa shape index (κ2) is 5.95. The lowest BCUT2D eigenvalue weighted by atomic mass is 10.00. The summed E-state index contributed by atoms with van der Waals surface area (Å²) in [6.07, 6.45) is 3.98. The SMILES string of the molecule is C/C=C(\C)C(=O)O[C@H]1C[C@H]2CC(OC(C)=O)[C@@H](C1)N2C. The fourth-order valence-electron chi connectivity index (χ4n) is 3.17. The smallest absolute Gasteiger partial charge is 0.333 e. The molecule has 5 heteroatoms. The molecule has 0 saturated carbocycles. The van der Waals surface area contributed by atoms with Gasteiger partial charge in [-0.1, -0.05) is 6.08 Å². The largest absolute Gasteiger partial charge is 0.461 e. The number of ether oxygens (including phenoxy) is 2. The molecule has 0 amide bonds. The van der Waals surface area contributed by atoms with Crippen LogP contribution in [0.4, 0.5) is 0 Å². The van der Waals surface area contributed by atoms with Crippen molar-refractivity contribution in [1.29, 1.82) is 0 Å². The van der Waals surface area contributed by atoms with Crippen LogP contribution in [0.5, 0.6) is 0 Å². The Hall–Kier alpha value is -1.36. The predicted molar refractivity (Wildman–Crippen MR) is 74.1 cm³/mol. The Morgan fingerprint density at radius 3 is 2.45 bits per heavy atom. The number of piperidine rings is 1. The van der Waals surface area contributed by atoms with Gasteiger partial charge in [-0.05, 0) is 20.9 Å². The highest BCUT2D eigenvalue weighted by atomic mass is 16.6. The van der Waals surface area contributed by atoms with Crippen LogP contribution in [0.2, 0.25) is 0 Å². The molecule has 20 heavy (non-hydrogen) atoms. The monoisotopic (exact) mass is 281 g/mol. The Morgan fingerprint density at radius 2 is 1.85 bits per heavy atom. The minimum Gasteiger partial charge on any atom is -0.461 e. The van der Waals surface area contributed by atoms with Crippen LogP contribution in [0.25, 0.3) is 0 Å². The summed E-state index contributed by atoms with van der Waals surface area (Å²) in [4.78, 5) is 25.2. The molecule has 2 rings (SSSR count). The van der Waals surface area contributed by atoms with Crippen molar-refractivity contribution in [1.82, 2.24) is 4.90 Å². The van der Waals surface area contributed by atoms with Gasteiger partial charge < -0.3 is 9.47 Å². The van der Waals surface area contributed by atoms with Crippen molar-refractivity contribution in [3.63, 3.8) is 0 Å². The maximum Gasteiger partial charge on any atom is 0.333 e. The highest BCUT2D eigenvalue weighted by Crippen LogP contribution is 2.37. The minimum atomic E-state index is -0.245. The van der Waals surface area contributed by atoms with Crippen molar-refractivity contribution in [2.75, 3.05) is 7.05 Å². The van der Waals surface area contributed by atoms with E-state index in [-0.39, 0.29) is 30.2 Å². The highest BCUT2D eigenvalue weighted by molar-refractivity contribution is 5.87. The molecule has 0 N–H and O–H groups in total. The maximum absolute atomic E-state index is 11.8. The number of allylic oxidation sites excluding steroid dienone is 1. The van der Waals surface area contributed by atoms with Crippen molar-refractivity contribution < 1.29 is 19.1 Å². The molecule has 0 radical (unpaired) electrons. The lowest BCUT2D eigenvalue weighted by molar-refractivity contribution is -0.152. The zero-order valence-corrected chi connectivity index (χ0v) is 12.6. The minimum absolute atomic E-state index is 0.0750. The average Bonchev–Trinajstić information content (AvgIpc) is 2.58. The van der Waals surface area contributed by atoms with Gasteiger partial charge in [0.25, 0.3) is 0 Å². The number of nitrogens with zero attached hydrogens (tertiary/aromatic N) is 1. The van der Waals surface area contributed by atoms with E-state index < -0.39 is 0 Å². The number of esters is 2. The molecule has 2 heterocycles. The number of rotatable bonds is 3. The van der Waals surface area contributed by atoms with Crippen LogP contribution in [0.1, 0.15) is 40.0 Å². The van der Waals surface area contributed by atoms with Gasteiger partial charge in [-0.25, -0.2) is 4.79 Å². The third-order valence-electron chi connectivity index (χ3n) is 4.42. The number of carbonyl (C=O) groups excluding carboxylic acids is 2. The van der Waals surface area contributed by atoms with Gasteiger partial charge in [0.15, 0.2) is 0 Å². The van der Waals surface area contributed by atoms with Gasteiger partial charge in [-0.15, -0.1) is 0 Å². The molecule has 2 aliphatic rings. The summed E-state index contributed by atoms with van der Waals surface area (Å²) in [5, 5.41) is 0. The van der Waals surface area contributed by atoms with Gasteiger partial charge in [0.2, 0.25) is 0 Å². The number of likely N-dealkylation sites (N-methyl/N-ethyl adjacent to an activating group) is 1. The molecule has 112 valence electrons. The molecule has 0 aromatic rings. The van der Waals surface area contributed by atoms with E-state index in [0.717, 1.165) is 19.3 Å². The molecule has 5 nitrogen and oxygen atoms in total. The third kappa shape index (κ3) is 3.03. The van der Waals surface area contributed by atoms with Crippen LogP contribution in [-0.2, 0) is 19.1 Å². The van der Waals surface area contributed by atoms with Crippen molar-refractivity contribution in [3.8, 4) is 0 Å². The molecule has 0 spiro atoms. The zero-order valence-electron chi connectivity index (χ0n) is 12.6. The van der Waals surface area contributed by atoms with E-state index >= 15 is 0 Å². The summed E-state index contributed by atoms with van der Waals surface area (Å²) in [6.45, 7) is 5.02. The summed E-state index contributed by atoms with van der Waals surface area (Å²) in [5.41, 5.74) is 0.632. The first-order valence-electron chi connectivity index (χ1n) is 7.15. The Morgan fingerprint density at radius 1 is 1.15 bits per heavy atom. The van der Waals surface area contributed by atoms with Gasteiger partial charge in [0.05, 0.1) is 6.04 Å². The molecule has 2 bridgehead atoms. The Labute approximate surface area is 119 Å². The second-order valence-corrected chi connectivity index (χ2v) is 5.74. The van der Waals surface area contributed by atoms with Crippen molar-refractivity contribution in [2.45, 2.75) is 64.3 Å². The standard InChI is InChI=1S/C15H23NO4/c1-5-9(2)15(18)20-12-6-11-7-14(19-10(3)17)13(8-12)16(11)4/h5,11-14H,6-8H2,1-4H3/b9-5+/t11-,12-,13+,14?/m0/s1. The fraction of sp³-hybridized carbons (Fsp3) is 0.733. The average molecular weight is 281 g/mol. The molecule has 1 unspecified atom stereocenters. The van der Waals surface area contributed by atoms with Crippen molar-refractivity contribution >= 4 is 11.9 Å². The Kier molecular flexibility index (Phi) is 4.48. The van der Waals surface area contributed by atoms with Crippen LogP contribution < -0.4 is 0 Å². The Balaban J connectivity index is 1.99. The van der Waals surface area contributed by atoms with Crippen LogP contribution in [0.3, 0.4) is 0 Å². The van der Waals surface area contributed by atoms with Crippen LogP contribution in [0, 0.1) is 0 Å². The molecule has 0 aromatic carbocycles. The quantitative estimate of drug-likeness (QED) is 0.582. The molecular formula is C15H23NO4. The van der Waals surface area contributed by atoms with Crippen LogP contribution in [0.15, 0.2) is 11.6 Å². The summed E-state index contributed by atoms with van der Waals surface area (Å²) in [5.74, 6) is -0.486. The Bertz CT molecular complexity index is 432. The summed E-state index contributed by atoms with van der Waals surface area (Å²) in [7, 11) is 2.05. The first kappa shape index (κ1) is 15.0. The maximum atomic E-state index is 11.8. The summed E-state index contributed by atoms with van der Waals surface area (Å²) in [6, 6.07) is 0.475. The van der Waals surface area contributed by atoms with E-state index in [2.05, 4.69) is 4.90 Å². The molecule has 2 saturated heterocycles. The molecule has 0 aliphatic carbocycles. The van der Waals surface area contributed by atoms with E-state index in [1.54, 1.807) is 13.0 Å². The van der Waals surface area contributed by atoms with Gasteiger partial charge in [0, 0.05) is 37.8 Å². The lowest BCUT2D eigenvalue weighted by Gasteiger charge is -2.36. The van der Waals surface area contributed by atoms with E-state index in [0.29, 0.717) is 11.6 Å². The second-order valence-electron chi connectivity index (χ2n) is 5.74. The lowest BCUT2D eigenvalue weighted by Crippen LogP contribution is -2.46. The zero-order chi connectivity index (χ0) is 14.9. The van der Waals surface area contributed by atoms with E-state index in [9.17, 15) is 9.59 Å². The predicted octanol–water partition coefficient (Wildman–Crippen LogP) is 1.66. The molecule has 2 aliphatic heterocycles. The van der Waals surface area contributed by atoms with Crippen molar-refractivity contribution in [3.05, 3.63) is 11.6 Å².